The summed E-state index contributed by atoms with van der Waals surface area (Å²) in [6.45, 7) is 6.22. The van der Waals surface area contributed by atoms with Crippen LogP contribution in [-0.2, 0) is 11.2 Å². The average Bonchev–Trinajstić information content (AvgIpc) is 2.53. The van der Waals surface area contributed by atoms with E-state index in [2.05, 4.69) is 6.92 Å². The van der Waals surface area contributed by atoms with E-state index in [1.807, 2.05) is 36.1 Å². The molecular formula is C18H28N2O2. The Labute approximate surface area is 133 Å². The maximum Gasteiger partial charge on any atom is 0.223 e. The number of hydrogen-bond acceptors (Lipinski definition) is 3. The number of aryl methyl sites for hydroxylation is 1. The smallest absolute Gasteiger partial charge is 0.223 e. The zero-order valence-corrected chi connectivity index (χ0v) is 13.8. The van der Waals surface area contributed by atoms with Crippen molar-refractivity contribution in [1.82, 2.24) is 4.90 Å². The molecule has 22 heavy (non-hydrogen) atoms. The molecule has 122 valence electrons. The minimum atomic E-state index is 0.198. The molecule has 1 aromatic rings. The van der Waals surface area contributed by atoms with Gasteiger partial charge in [-0.25, -0.2) is 0 Å². The van der Waals surface area contributed by atoms with Gasteiger partial charge >= 0.3 is 0 Å². The summed E-state index contributed by atoms with van der Waals surface area (Å²) in [5.74, 6) is 1.60. The van der Waals surface area contributed by atoms with Crippen LogP contribution in [0, 0.1) is 5.92 Å². The van der Waals surface area contributed by atoms with Crippen molar-refractivity contribution in [2.75, 3.05) is 19.7 Å². The van der Waals surface area contributed by atoms with Crippen LogP contribution in [0.3, 0.4) is 0 Å². The molecule has 0 spiro atoms. The van der Waals surface area contributed by atoms with Crippen LogP contribution in [0.2, 0.25) is 0 Å². The summed E-state index contributed by atoms with van der Waals surface area (Å²) in [4.78, 5) is 14.6. The molecule has 0 aromatic heterocycles. The third-order valence-corrected chi connectivity index (χ3v) is 4.56. The van der Waals surface area contributed by atoms with Crippen LogP contribution in [-0.4, -0.2) is 36.5 Å². The summed E-state index contributed by atoms with van der Waals surface area (Å²) in [5, 5.41) is 0. The van der Waals surface area contributed by atoms with Gasteiger partial charge in [-0.05, 0) is 43.7 Å². The van der Waals surface area contributed by atoms with Gasteiger partial charge in [-0.1, -0.05) is 25.1 Å². The standard InChI is InChI=1S/C18H28N2O2/c1-3-22-17-9-5-4-8-15(17)10-11-18(21)20-12-6-7-14(2)16(20)13-19/h4-5,8-9,14,16H,3,6-7,10-13,19H2,1-2H3/t14-,16-/m1/s1. The predicted octanol–water partition coefficient (Wildman–Crippen LogP) is 2.60. The van der Waals surface area contributed by atoms with Crippen molar-refractivity contribution in [1.29, 1.82) is 0 Å². The van der Waals surface area contributed by atoms with Gasteiger partial charge in [-0.3, -0.25) is 4.79 Å². The van der Waals surface area contributed by atoms with Crippen LogP contribution in [0.1, 0.15) is 38.7 Å². The third-order valence-electron chi connectivity index (χ3n) is 4.56. The first-order chi connectivity index (χ1) is 10.7. The second-order valence-corrected chi connectivity index (χ2v) is 6.05. The van der Waals surface area contributed by atoms with E-state index in [1.165, 1.54) is 6.42 Å². The molecule has 1 aromatic carbocycles. The van der Waals surface area contributed by atoms with Gasteiger partial charge in [0.25, 0.3) is 0 Å². The fourth-order valence-corrected chi connectivity index (χ4v) is 3.31. The molecule has 1 heterocycles. The molecule has 1 saturated heterocycles. The van der Waals surface area contributed by atoms with E-state index in [0.29, 0.717) is 25.5 Å². The van der Waals surface area contributed by atoms with Crippen molar-refractivity contribution in [2.24, 2.45) is 11.7 Å². The Kier molecular flexibility index (Phi) is 6.25. The molecule has 2 N–H and O–H groups in total. The minimum absolute atomic E-state index is 0.198. The van der Waals surface area contributed by atoms with Crippen LogP contribution >= 0.6 is 0 Å². The number of likely N-dealkylation sites (tertiary alicyclic amines) is 1. The highest BCUT2D eigenvalue weighted by Crippen LogP contribution is 2.25. The Bertz CT molecular complexity index is 490. The molecule has 0 unspecified atom stereocenters. The van der Waals surface area contributed by atoms with Gasteiger partial charge in [0.15, 0.2) is 0 Å². The van der Waals surface area contributed by atoms with E-state index in [0.717, 1.165) is 30.7 Å². The number of carbonyl (C=O) groups is 1. The summed E-state index contributed by atoms with van der Waals surface area (Å²) in [7, 11) is 0. The van der Waals surface area contributed by atoms with Crippen LogP contribution in [0.4, 0.5) is 0 Å². The van der Waals surface area contributed by atoms with E-state index in [1.54, 1.807) is 0 Å². The monoisotopic (exact) mass is 304 g/mol. The number of piperidine rings is 1. The van der Waals surface area contributed by atoms with Crippen LogP contribution in [0.25, 0.3) is 0 Å². The summed E-state index contributed by atoms with van der Waals surface area (Å²) >= 11 is 0. The number of nitrogens with zero attached hydrogens (tertiary/aromatic N) is 1. The van der Waals surface area contributed by atoms with E-state index in [9.17, 15) is 4.79 Å². The highest BCUT2D eigenvalue weighted by molar-refractivity contribution is 5.77. The average molecular weight is 304 g/mol. The molecule has 1 fully saturated rings. The highest BCUT2D eigenvalue weighted by Gasteiger charge is 2.30. The number of amides is 1. The number of rotatable bonds is 6. The number of carbonyl (C=O) groups excluding carboxylic acids is 1. The van der Waals surface area contributed by atoms with Gasteiger partial charge in [0.2, 0.25) is 5.91 Å². The molecule has 1 aliphatic heterocycles. The maximum absolute atomic E-state index is 12.6. The molecule has 0 bridgehead atoms. The van der Waals surface area contributed by atoms with Gasteiger partial charge in [-0.15, -0.1) is 0 Å². The minimum Gasteiger partial charge on any atom is -0.494 e. The third kappa shape index (κ3) is 4.01. The van der Waals surface area contributed by atoms with Gasteiger partial charge in [0.05, 0.1) is 6.61 Å². The number of para-hydroxylation sites is 1. The zero-order valence-electron chi connectivity index (χ0n) is 13.8. The Balaban J connectivity index is 1.97. The van der Waals surface area contributed by atoms with E-state index < -0.39 is 0 Å². The quantitative estimate of drug-likeness (QED) is 0.879. The van der Waals surface area contributed by atoms with E-state index >= 15 is 0 Å². The topological polar surface area (TPSA) is 55.6 Å². The van der Waals surface area contributed by atoms with Crippen molar-refractivity contribution < 1.29 is 9.53 Å². The maximum atomic E-state index is 12.6. The fraction of sp³-hybridized carbons (Fsp3) is 0.611. The summed E-state index contributed by atoms with van der Waals surface area (Å²) < 4.78 is 5.63. The van der Waals surface area contributed by atoms with Gasteiger partial charge in [0.1, 0.15) is 5.75 Å². The first-order valence-corrected chi connectivity index (χ1v) is 8.37. The fourth-order valence-electron chi connectivity index (χ4n) is 3.31. The van der Waals surface area contributed by atoms with Crippen molar-refractivity contribution in [3.63, 3.8) is 0 Å². The molecule has 0 radical (unpaired) electrons. The van der Waals surface area contributed by atoms with Crippen LogP contribution in [0.15, 0.2) is 24.3 Å². The normalized spacial score (nSPS) is 21.7. The Morgan fingerprint density at radius 1 is 1.41 bits per heavy atom. The van der Waals surface area contributed by atoms with Gasteiger partial charge < -0.3 is 15.4 Å². The molecular weight excluding hydrogens is 276 g/mol. The Morgan fingerprint density at radius 3 is 2.91 bits per heavy atom. The summed E-state index contributed by atoms with van der Waals surface area (Å²) in [6, 6.07) is 8.16. The molecule has 2 atom stereocenters. The number of nitrogens with two attached hydrogens (primary N) is 1. The molecule has 4 nitrogen and oxygen atoms in total. The summed E-state index contributed by atoms with van der Waals surface area (Å²) in [6.07, 6.45) is 3.49. The molecule has 0 aliphatic carbocycles. The first kappa shape index (κ1) is 16.8. The largest absolute Gasteiger partial charge is 0.494 e. The number of hydrogen-bond donors (Lipinski definition) is 1. The van der Waals surface area contributed by atoms with Crippen LogP contribution < -0.4 is 10.5 Å². The number of benzene rings is 1. The van der Waals surface area contributed by atoms with Crippen molar-refractivity contribution in [3.05, 3.63) is 29.8 Å². The molecule has 4 heteroatoms. The Morgan fingerprint density at radius 2 is 2.18 bits per heavy atom. The second-order valence-electron chi connectivity index (χ2n) is 6.05. The molecule has 1 amide bonds. The van der Waals surface area contributed by atoms with Crippen LogP contribution in [0.5, 0.6) is 5.75 Å². The molecule has 0 saturated carbocycles. The predicted molar refractivity (Wildman–Crippen MR) is 88.9 cm³/mol. The lowest BCUT2D eigenvalue weighted by molar-refractivity contribution is -0.136. The molecule has 1 aliphatic rings. The number of ether oxygens (including phenoxy) is 1. The Hall–Kier alpha value is -1.55. The van der Waals surface area contributed by atoms with E-state index in [4.69, 9.17) is 10.5 Å². The van der Waals surface area contributed by atoms with Gasteiger partial charge in [0, 0.05) is 25.6 Å². The summed E-state index contributed by atoms with van der Waals surface area (Å²) in [5.41, 5.74) is 6.98. The van der Waals surface area contributed by atoms with E-state index in [-0.39, 0.29) is 11.9 Å². The lowest BCUT2D eigenvalue weighted by Gasteiger charge is -2.39. The zero-order chi connectivity index (χ0) is 15.9. The van der Waals surface area contributed by atoms with Crippen molar-refractivity contribution in [2.45, 2.75) is 45.6 Å². The highest BCUT2D eigenvalue weighted by atomic mass is 16.5. The van der Waals surface area contributed by atoms with Gasteiger partial charge in [-0.2, -0.15) is 0 Å². The first-order valence-electron chi connectivity index (χ1n) is 8.37. The molecule has 2 rings (SSSR count). The lowest BCUT2D eigenvalue weighted by atomic mass is 9.90. The lowest BCUT2D eigenvalue weighted by Crippen LogP contribution is -2.51. The van der Waals surface area contributed by atoms with Crippen molar-refractivity contribution in [3.8, 4) is 5.75 Å². The SMILES string of the molecule is CCOc1ccccc1CCC(=O)N1CCC[C@@H](C)[C@H]1CN. The second kappa shape index (κ2) is 8.18. The van der Waals surface area contributed by atoms with Crippen molar-refractivity contribution >= 4 is 5.91 Å².